The van der Waals surface area contributed by atoms with Gasteiger partial charge in [0.2, 0.25) is 10.0 Å². The Morgan fingerprint density at radius 2 is 2.28 bits per heavy atom. The van der Waals surface area contributed by atoms with Crippen LogP contribution in [0.3, 0.4) is 0 Å². The molecule has 1 fully saturated rings. The van der Waals surface area contributed by atoms with E-state index >= 15 is 0 Å². The van der Waals surface area contributed by atoms with Gasteiger partial charge in [0.05, 0.1) is 4.90 Å². The lowest BCUT2D eigenvalue weighted by Crippen LogP contribution is -2.34. The first-order valence-electron chi connectivity index (χ1n) is 5.92. The zero-order valence-corrected chi connectivity index (χ0v) is 12.0. The number of rotatable bonds is 4. The molecule has 1 heterocycles. The van der Waals surface area contributed by atoms with Gasteiger partial charge < -0.3 is 5.73 Å². The third-order valence-corrected chi connectivity index (χ3v) is 5.78. The Labute approximate surface area is 112 Å². The van der Waals surface area contributed by atoms with Gasteiger partial charge >= 0.3 is 0 Å². The van der Waals surface area contributed by atoms with Gasteiger partial charge in [-0.3, -0.25) is 0 Å². The van der Waals surface area contributed by atoms with Crippen molar-refractivity contribution in [1.29, 1.82) is 0 Å². The monoisotopic (exact) mass is 286 g/mol. The van der Waals surface area contributed by atoms with Crippen LogP contribution in [0.1, 0.15) is 17.5 Å². The lowest BCUT2D eigenvalue weighted by atomic mass is 10.1. The van der Waals surface area contributed by atoms with Crippen molar-refractivity contribution in [3.8, 4) is 0 Å². The zero-order chi connectivity index (χ0) is 13.2. The second-order valence-electron chi connectivity index (χ2n) is 4.47. The number of sulfonamides is 1. The van der Waals surface area contributed by atoms with Gasteiger partial charge in [-0.15, -0.1) is 0 Å². The Hall–Kier alpha value is -0.560. The number of thioether (sulfide) groups is 1. The van der Waals surface area contributed by atoms with Crippen LogP contribution in [0.25, 0.3) is 0 Å². The molecule has 0 radical (unpaired) electrons. The van der Waals surface area contributed by atoms with E-state index < -0.39 is 10.0 Å². The van der Waals surface area contributed by atoms with Crippen molar-refractivity contribution in [2.24, 2.45) is 5.73 Å². The third kappa shape index (κ3) is 3.06. The van der Waals surface area contributed by atoms with E-state index in [1.165, 1.54) is 0 Å². The Bertz CT molecular complexity index is 523. The van der Waals surface area contributed by atoms with Crippen molar-refractivity contribution < 1.29 is 8.42 Å². The maximum atomic E-state index is 12.2. The van der Waals surface area contributed by atoms with Crippen molar-refractivity contribution in [3.63, 3.8) is 0 Å². The molecule has 1 aromatic carbocycles. The lowest BCUT2D eigenvalue weighted by Gasteiger charge is -2.13. The van der Waals surface area contributed by atoms with Gasteiger partial charge in [-0.05, 0) is 42.4 Å². The molecule has 3 N–H and O–H groups in total. The van der Waals surface area contributed by atoms with E-state index in [0.717, 1.165) is 29.1 Å². The van der Waals surface area contributed by atoms with Crippen LogP contribution in [0.4, 0.5) is 0 Å². The number of benzene rings is 1. The van der Waals surface area contributed by atoms with Crippen molar-refractivity contribution in [2.75, 3.05) is 11.5 Å². The van der Waals surface area contributed by atoms with E-state index in [1.807, 2.05) is 6.92 Å². The zero-order valence-electron chi connectivity index (χ0n) is 10.3. The summed E-state index contributed by atoms with van der Waals surface area (Å²) in [5.74, 6) is 1.88. The Balaban J connectivity index is 2.23. The molecular formula is C12H18N2O2S2. The SMILES string of the molecule is Cc1ccc(S(=O)(=O)NC2CCSC2)cc1CN. The molecule has 0 amide bonds. The molecule has 18 heavy (non-hydrogen) atoms. The molecule has 0 bridgehead atoms. The van der Waals surface area contributed by atoms with Gasteiger partial charge in [0.1, 0.15) is 0 Å². The minimum Gasteiger partial charge on any atom is -0.326 e. The molecule has 1 aliphatic heterocycles. The highest BCUT2D eigenvalue weighted by atomic mass is 32.2. The molecule has 100 valence electrons. The molecule has 1 unspecified atom stereocenters. The van der Waals surface area contributed by atoms with E-state index in [2.05, 4.69) is 4.72 Å². The summed E-state index contributed by atoms with van der Waals surface area (Å²) in [7, 11) is -3.41. The molecular weight excluding hydrogens is 268 g/mol. The smallest absolute Gasteiger partial charge is 0.240 e. The molecule has 1 aliphatic rings. The summed E-state index contributed by atoms with van der Waals surface area (Å²) >= 11 is 1.78. The first-order valence-corrected chi connectivity index (χ1v) is 8.56. The van der Waals surface area contributed by atoms with E-state index in [4.69, 9.17) is 5.73 Å². The van der Waals surface area contributed by atoms with Crippen LogP contribution >= 0.6 is 11.8 Å². The quantitative estimate of drug-likeness (QED) is 0.873. The molecule has 4 nitrogen and oxygen atoms in total. The molecule has 0 aliphatic carbocycles. The average molecular weight is 286 g/mol. The molecule has 1 atom stereocenters. The molecule has 1 saturated heterocycles. The van der Waals surface area contributed by atoms with Crippen molar-refractivity contribution >= 4 is 21.8 Å². The molecule has 2 rings (SSSR count). The van der Waals surface area contributed by atoms with E-state index in [9.17, 15) is 8.42 Å². The summed E-state index contributed by atoms with van der Waals surface area (Å²) in [6.45, 7) is 2.29. The average Bonchev–Trinajstić information content (AvgIpc) is 2.81. The molecule has 0 spiro atoms. The predicted molar refractivity (Wildman–Crippen MR) is 75.1 cm³/mol. The number of hydrogen-bond acceptors (Lipinski definition) is 4. The second-order valence-corrected chi connectivity index (χ2v) is 7.34. The molecule has 1 aromatic rings. The van der Waals surface area contributed by atoms with Crippen molar-refractivity contribution in [2.45, 2.75) is 30.8 Å². The Morgan fingerprint density at radius 1 is 1.50 bits per heavy atom. The van der Waals surface area contributed by atoms with Gasteiger partial charge in [-0.1, -0.05) is 6.07 Å². The van der Waals surface area contributed by atoms with Crippen LogP contribution < -0.4 is 10.5 Å². The molecule has 6 heteroatoms. The first-order chi connectivity index (χ1) is 8.53. The van der Waals surface area contributed by atoms with Crippen LogP contribution in [0.2, 0.25) is 0 Å². The fourth-order valence-corrected chi connectivity index (χ4v) is 4.53. The molecule has 0 saturated carbocycles. The first kappa shape index (κ1) is 13.9. The largest absolute Gasteiger partial charge is 0.326 e. The maximum Gasteiger partial charge on any atom is 0.240 e. The van der Waals surface area contributed by atoms with Crippen molar-refractivity contribution in [1.82, 2.24) is 4.72 Å². The number of hydrogen-bond donors (Lipinski definition) is 2. The van der Waals surface area contributed by atoms with Gasteiger partial charge in [-0.2, -0.15) is 11.8 Å². The van der Waals surface area contributed by atoms with Gasteiger partial charge in [0.15, 0.2) is 0 Å². The van der Waals surface area contributed by atoms with Crippen molar-refractivity contribution in [3.05, 3.63) is 29.3 Å². The summed E-state index contributed by atoms with van der Waals surface area (Å²) in [6.07, 6.45) is 0.902. The summed E-state index contributed by atoms with van der Waals surface area (Å²) in [6, 6.07) is 5.17. The highest BCUT2D eigenvalue weighted by Crippen LogP contribution is 2.20. The third-order valence-electron chi connectivity index (χ3n) is 3.10. The molecule has 0 aromatic heterocycles. The van der Waals surface area contributed by atoms with E-state index in [-0.39, 0.29) is 6.04 Å². The van der Waals surface area contributed by atoms with Crippen LogP contribution in [-0.2, 0) is 16.6 Å². The standard InChI is InChI=1S/C12H18N2O2S2/c1-9-2-3-12(6-10(9)7-13)18(15,16)14-11-4-5-17-8-11/h2-3,6,11,14H,4-5,7-8,13H2,1H3. The normalized spacial score (nSPS) is 20.2. The van der Waals surface area contributed by atoms with Gasteiger partial charge in [-0.25, -0.2) is 13.1 Å². The fourth-order valence-electron chi connectivity index (χ4n) is 1.95. The highest BCUT2D eigenvalue weighted by molar-refractivity contribution is 7.99. The van der Waals surface area contributed by atoms with Crippen LogP contribution in [0, 0.1) is 6.92 Å². The lowest BCUT2D eigenvalue weighted by molar-refractivity contribution is 0.563. The minimum atomic E-state index is -3.41. The summed E-state index contributed by atoms with van der Waals surface area (Å²) in [5.41, 5.74) is 7.50. The van der Waals surface area contributed by atoms with E-state index in [1.54, 1.807) is 30.0 Å². The maximum absolute atomic E-state index is 12.2. The van der Waals surface area contributed by atoms with Gasteiger partial charge in [0.25, 0.3) is 0 Å². The van der Waals surface area contributed by atoms with Crippen LogP contribution in [0.5, 0.6) is 0 Å². The fraction of sp³-hybridized carbons (Fsp3) is 0.500. The summed E-state index contributed by atoms with van der Waals surface area (Å²) in [5, 5.41) is 0. The minimum absolute atomic E-state index is 0.0580. The second kappa shape index (κ2) is 5.61. The predicted octanol–water partition coefficient (Wildman–Crippen LogP) is 1.24. The van der Waals surface area contributed by atoms with E-state index in [0.29, 0.717) is 11.4 Å². The van der Waals surface area contributed by atoms with Crippen LogP contribution in [-0.4, -0.2) is 26.0 Å². The highest BCUT2D eigenvalue weighted by Gasteiger charge is 2.23. The number of aryl methyl sites for hydroxylation is 1. The summed E-state index contributed by atoms with van der Waals surface area (Å²) in [4.78, 5) is 0.311. The van der Waals surface area contributed by atoms with Crippen LogP contribution in [0.15, 0.2) is 23.1 Å². The Kier molecular flexibility index (Phi) is 4.32. The number of nitrogens with one attached hydrogen (secondary N) is 1. The summed E-state index contributed by atoms with van der Waals surface area (Å²) < 4.78 is 27.2. The number of nitrogens with two attached hydrogens (primary N) is 1. The topological polar surface area (TPSA) is 72.2 Å². The van der Waals surface area contributed by atoms with Gasteiger partial charge in [0, 0.05) is 18.3 Å². The Morgan fingerprint density at radius 3 is 2.89 bits per heavy atom.